The second kappa shape index (κ2) is 5.00. The van der Waals surface area contributed by atoms with E-state index in [1.54, 1.807) is 0 Å². The van der Waals surface area contributed by atoms with Crippen LogP contribution in [0, 0.1) is 13.8 Å². The maximum Gasteiger partial charge on any atom is 0.0763 e. The second-order valence-electron chi connectivity index (χ2n) is 3.78. The van der Waals surface area contributed by atoms with Gasteiger partial charge in [0.25, 0.3) is 0 Å². The number of rotatable bonds is 3. The number of thiophene rings is 2. The molecule has 0 bridgehead atoms. The lowest BCUT2D eigenvalue weighted by Gasteiger charge is -2.12. The maximum atomic E-state index is 3.59. The van der Waals surface area contributed by atoms with Gasteiger partial charge in [0.15, 0.2) is 0 Å². The SMILES string of the molecule is CNC(c1ccc(C)s1)c1cc(C)c(Br)s1. The Hall–Kier alpha value is -0.160. The molecule has 0 aliphatic carbocycles. The quantitative estimate of drug-likeness (QED) is 0.879. The first-order valence-corrected chi connectivity index (χ1v) is 7.54. The molecule has 1 N–H and O–H groups in total. The van der Waals surface area contributed by atoms with Crippen molar-refractivity contribution in [1.82, 2.24) is 5.32 Å². The third-order valence-corrected chi connectivity index (χ3v) is 5.76. The Morgan fingerprint density at radius 2 is 1.94 bits per heavy atom. The Kier molecular flexibility index (Phi) is 3.85. The predicted molar refractivity (Wildman–Crippen MR) is 76.7 cm³/mol. The molecule has 0 spiro atoms. The molecular formula is C12H14BrNS2. The fourth-order valence-corrected chi connectivity index (χ4v) is 4.44. The molecule has 0 amide bonds. The average Bonchev–Trinajstić information content (AvgIpc) is 2.77. The number of aryl methyl sites for hydroxylation is 2. The highest BCUT2D eigenvalue weighted by molar-refractivity contribution is 9.11. The molecule has 0 aromatic carbocycles. The summed E-state index contributed by atoms with van der Waals surface area (Å²) < 4.78 is 1.23. The van der Waals surface area contributed by atoms with Gasteiger partial charge in [-0.25, -0.2) is 0 Å². The van der Waals surface area contributed by atoms with Crippen molar-refractivity contribution in [1.29, 1.82) is 0 Å². The van der Waals surface area contributed by atoms with Crippen LogP contribution in [0.3, 0.4) is 0 Å². The molecule has 0 aliphatic rings. The van der Waals surface area contributed by atoms with Gasteiger partial charge in [-0.05, 0) is 60.6 Å². The minimum Gasteiger partial charge on any atom is -0.308 e. The molecule has 0 aliphatic heterocycles. The minimum absolute atomic E-state index is 0.327. The Bertz CT molecular complexity index is 467. The van der Waals surface area contributed by atoms with Crippen LogP contribution in [-0.4, -0.2) is 7.05 Å². The van der Waals surface area contributed by atoms with E-state index in [9.17, 15) is 0 Å². The lowest BCUT2D eigenvalue weighted by Crippen LogP contribution is -2.14. The van der Waals surface area contributed by atoms with Gasteiger partial charge in [0, 0.05) is 14.6 Å². The van der Waals surface area contributed by atoms with Crippen LogP contribution in [0.2, 0.25) is 0 Å². The topological polar surface area (TPSA) is 12.0 Å². The van der Waals surface area contributed by atoms with Gasteiger partial charge in [0.2, 0.25) is 0 Å². The Morgan fingerprint density at radius 1 is 1.19 bits per heavy atom. The predicted octanol–water partition coefficient (Wildman–Crippen LogP) is 4.50. The van der Waals surface area contributed by atoms with E-state index < -0.39 is 0 Å². The smallest absolute Gasteiger partial charge is 0.0763 e. The Balaban J connectivity index is 2.36. The molecule has 2 aromatic rings. The van der Waals surface area contributed by atoms with Crippen molar-refractivity contribution in [3.05, 3.63) is 42.2 Å². The van der Waals surface area contributed by atoms with Gasteiger partial charge < -0.3 is 5.32 Å². The summed E-state index contributed by atoms with van der Waals surface area (Å²) >= 11 is 7.26. The van der Waals surface area contributed by atoms with E-state index in [2.05, 4.69) is 53.3 Å². The summed E-state index contributed by atoms with van der Waals surface area (Å²) in [5.41, 5.74) is 1.31. The fraction of sp³-hybridized carbons (Fsp3) is 0.333. The van der Waals surface area contributed by atoms with Crippen molar-refractivity contribution in [3.63, 3.8) is 0 Å². The zero-order valence-corrected chi connectivity index (χ0v) is 12.7. The summed E-state index contributed by atoms with van der Waals surface area (Å²) in [7, 11) is 2.02. The maximum absolute atomic E-state index is 3.59. The van der Waals surface area contributed by atoms with Gasteiger partial charge in [-0.3, -0.25) is 0 Å². The second-order valence-corrected chi connectivity index (χ2v) is 7.50. The molecule has 1 atom stereocenters. The normalized spacial score (nSPS) is 13.0. The molecule has 86 valence electrons. The highest BCUT2D eigenvalue weighted by Gasteiger charge is 2.16. The number of hydrogen-bond acceptors (Lipinski definition) is 3. The van der Waals surface area contributed by atoms with Crippen LogP contribution in [0.15, 0.2) is 22.0 Å². The van der Waals surface area contributed by atoms with E-state index in [-0.39, 0.29) is 0 Å². The molecular weight excluding hydrogens is 302 g/mol. The molecule has 2 heterocycles. The van der Waals surface area contributed by atoms with Gasteiger partial charge in [0.05, 0.1) is 9.83 Å². The van der Waals surface area contributed by atoms with E-state index in [1.807, 2.05) is 29.7 Å². The summed E-state index contributed by atoms with van der Waals surface area (Å²) in [6.07, 6.45) is 0. The fourth-order valence-electron chi connectivity index (χ4n) is 1.66. The van der Waals surface area contributed by atoms with Gasteiger partial charge in [0.1, 0.15) is 0 Å². The van der Waals surface area contributed by atoms with Gasteiger partial charge in [-0.2, -0.15) is 0 Å². The van der Waals surface area contributed by atoms with Crippen LogP contribution in [-0.2, 0) is 0 Å². The summed E-state index contributed by atoms with van der Waals surface area (Å²) in [5.74, 6) is 0. The number of hydrogen-bond donors (Lipinski definition) is 1. The highest BCUT2D eigenvalue weighted by atomic mass is 79.9. The zero-order valence-electron chi connectivity index (χ0n) is 9.50. The summed E-state index contributed by atoms with van der Waals surface area (Å²) in [6, 6.07) is 6.98. The minimum atomic E-state index is 0.327. The molecule has 0 fully saturated rings. The molecule has 16 heavy (non-hydrogen) atoms. The molecule has 4 heteroatoms. The van der Waals surface area contributed by atoms with Crippen LogP contribution in [0.5, 0.6) is 0 Å². The largest absolute Gasteiger partial charge is 0.308 e. The molecule has 2 aromatic heterocycles. The third-order valence-electron chi connectivity index (χ3n) is 2.50. The van der Waals surface area contributed by atoms with Crippen LogP contribution in [0.1, 0.15) is 26.2 Å². The van der Waals surface area contributed by atoms with Gasteiger partial charge in [-0.15, -0.1) is 22.7 Å². The number of nitrogens with one attached hydrogen (secondary N) is 1. The van der Waals surface area contributed by atoms with Crippen molar-refractivity contribution in [2.75, 3.05) is 7.05 Å². The van der Waals surface area contributed by atoms with E-state index in [0.717, 1.165) is 0 Å². The summed E-state index contributed by atoms with van der Waals surface area (Å²) in [5, 5.41) is 3.39. The lowest BCUT2D eigenvalue weighted by molar-refractivity contribution is 0.716. The van der Waals surface area contributed by atoms with Crippen molar-refractivity contribution in [3.8, 4) is 0 Å². The first-order valence-electron chi connectivity index (χ1n) is 5.11. The highest BCUT2D eigenvalue weighted by Crippen LogP contribution is 2.36. The third kappa shape index (κ3) is 2.40. The van der Waals surface area contributed by atoms with E-state index in [0.29, 0.717) is 6.04 Å². The average molecular weight is 316 g/mol. The Labute approximate surface area is 113 Å². The van der Waals surface area contributed by atoms with Crippen LogP contribution >= 0.6 is 38.6 Å². The first kappa shape index (κ1) is 12.3. The van der Waals surface area contributed by atoms with Crippen molar-refractivity contribution < 1.29 is 0 Å². The van der Waals surface area contributed by atoms with Crippen LogP contribution in [0.4, 0.5) is 0 Å². The molecule has 0 saturated heterocycles. The molecule has 1 nitrogen and oxygen atoms in total. The zero-order chi connectivity index (χ0) is 11.7. The molecule has 0 saturated carbocycles. The van der Waals surface area contributed by atoms with Crippen molar-refractivity contribution >= 4 is 38.6 Å². The van der Waals surface area contributed by atoms with Crippen molar-refractivity contribution in [2.24, 2.45) is 0 Å². The first-order chi connectivity index (χ1) is 7.61. The van der Waals surface area contributed by atoms with Crippen molar-refractivity contribution in [2.45, 2.75) is 19.9 Å². The van der Waals surface area contributed by atoms with E-state index in [1.165, 1.54) is 24.0 Å². The lowest BCUT2D eigenvalue weighted by atomic mass is 10.2. The molecule has 1 unspecified atom stereocenters. The molecule has 0 radical (unpaired) electrons. The summed E-state index contributed by atoms with van der Waals surface area (Å²) in [6.45, 7) is 4.28. The van der Waals surface area contributed by atoms with Crippen LogP contribution < -0.4 is 5.32 Å². The monoisotopic (exact) mass is 315 g/mol. The summed E-state index contributed by atoms with van der Waals surface area (Å²) in [4.78, 5) is 4.12. The van der Waals surface area contributed by atoms with E-state index in [4.69, 9.17) is 0 Å². The van der Waals surface area contributed by atoms with E-state index >= 15 is 0 Å². The van der Waals surface area contributed by atoms with Crippen LogP contribution in [0.25, 0.3) is 0 Å². The Morgan fingerprint density at radius 3 is 2.38 bits per heavy atom. The number of halogens is 1. The standard InChI is InChI=1S/C12H14BrNS2/c1-7-6-10(16-12(7)13)11(14-3)9-5-4-8(2)15-9/h4-6,11,14H,1-3H3. The molecule has 2 rings (SSSR count). The van der Waals surface area contributed by atoms with Gasteiger partial charge in [-0.1, -0.05) is 0 Å². The van der Waals surface area contributed by atoms with Gasteiger partial charge >= 0.3 is 0 Å².